The van der Waals surface area contributed by atoms with Crippen molar-refractivity contribution in [2.75, 3.05) is 4.90 Å². The molecular formula is C42H27NOS. The molecule has 0 unspecified atom stereocenters. The van der Waals surface area contributed by atoms with Crippen LogP contribution in [0.5, 0.6) is 0 Å². The molecule has 2 nitrogen and oxygen atoms in total. The van der Waals surface area contributed by atoms with E-state index in [4.69, 9.17) is 4.42 Å². The van der Waals surface area contributed by atoms with E-state index in [9.17, 15) is 0 Å². The molecule has 0 aliphatic rings. The van der Waals surface area contributed by atoms with Gasteiger partial charge in [0.15, 0.2) is 5.58 Å². The molecule has 212 valence electrons. The lowest BCUT2D eigenvalue weighted by Crippen LogP contribution is -2.10. The van der Waals surface area contributed by atoms with Gasteiger partial charge in [0, 0.05) is 47.9 Å². The summed E-state index contributed by atoms with van der Waals surface area (Å²) >= 11 is 1.84. The molecule has 2 heterocycles. The fraction of sp³-hybridized carbons (Fsp3) is 0. The summed E-state index contributed by atoms with van der Waals surface area (Å²) in [5.41, 5.74) is 9.60. The van der Waals surface area contributed by atoms with Crippen molar-refractivity contribution in [1.82, 2.24) is 0 Å². The Morgan fingerprint density at radius 2 is 1.00 bits per heavy atom. The summed E-state index contributed by atoms with van der Waals surface area (Å²) in [6, 6.07) is 58.3. The van der Waals surface area contributed by atoms with Crippen LogP contribution in [0.3, 0.4) is 0 Å². The maximum absolute atomic E-state index is 6.88. The zero-order valence-electron chi connectivity index (χ0n) is 24.4. The van der Waals surface area contributed by atoms with Crippen LogP contribution in [-0.2, 0) is 0 Å². The monoisotopic (exact) mass is 593 g/mol. The van der Waals surface area contributed by atoms with Gasteiger partial charge in [0.1, 0.15) is 5.58 Å². The van der Waals surface area contributed by atoms with E-state index >= 15 is 0 Å². The molecule has 9 aromatic rings. The maximum Gasteiger partial charge on any atom is 0.159 e. The highest BCUT2D eigenvalue weighted by Gasteiger charge is 2.21. The van der Waals surface area contributed by atoms with Crippen molar-refractivity contribution in [3.63, 3.8) is 0 Å². The van der Waals surface area contributed by atoms with Crippen molar-refractivity contribution in [2.45, 2.75) is 0 Å². The number of rotatable bonds is 5. The number of fused-ring (bicyclic) bond motifs is 6. The molecule has 0 bridgehead atoms. The predicted octanol–water partition coefficient (Wildman–Crippen LogP) is 12.8. The molecule has 0 saturated heterocycles. The smallest absolute Gasteiger partial charge is 0.159 e. The van der Waals surface area contributed by atoms with Gasteiger partial charge in [-0.25, -0.2) is 0 Å². The summed E-state index contributed by atoms with van der Waals surface area (Å²) in [6.45, 7) is 0. The lowest BCUT2D eigenvalue weighted by Gasteiger charge is -2.26. The maximum atomic E-state index is 6.88. The first-order chi connectivity index (χ1) is 22.3. The van der Waals surface area contributed by atoms with Crippen LogP contribution in [0.15, 0.2) is 168 Å². The van der Waals surface area contributed by atoms with E-state index in [0.717, 1.165) is 50.1 Å². The normalized spacial score (nSPS) is 11.6. The van der Waals surface area contributed by atoms with Gasteiger partial charge < -0.3 is 9.32 Å². The first kappa shape index (κ1) is 25.8. The minimum Gasteiger partial charge on any atom is -0.453 e. The standard InChI is InChI=1S/C42H27NOS/c1-3-11-28(12-4-1)29-21-23-31(24-22-29)43(32-25-26-35-34-15-7-8-20-39(34)45-40(35)27-32)38-19-10-18-37-36-17-9-16-33(41(36)44-42(37)38)30-13-5-2-6-14-30/h1-27H. The Balaban J connectivity index is 1.27. The van der Waals surface area contributed by atoms with Crippen LogP contribution >= 0.6 is 11.3 Å². The van der Waals surface area contributed by atoms with Crippen LogP contribution in [0.1, 0.15) is 0 Å². The van der Waals surface area contributed by atoms with E-state index in [1.165, 1.54) is 31.3 Å². The first-order valence-electron chi connectivity index (χ1n) is 15.2. The van der Waals surface area contributed by atoms with Gasteiger partial charge in [0.2, 0.25) is 0 Å². The minimum atomic E-state index is 0.874. The molecule has 0 aliphatic heterocycles. The van der Waals surface area contributed by atoms with E-state index < -0.39 is 0 Å². The summed E-state index contributed by atoms with van der Waals surface area (Å²) in [6.07, 6.45) is 0. The third-order valence-corrected chi connectivity index (χ3v) is 9.82. The van der Waals surface area contributed by atoms with E-state index in [1.807, 2.05) is 11.3 Å². The van der Waals surface area contributed by atoms with Crippen LogP contribution in [-0.4, -0.2) is 0 Å². The van der Waals surface area contributed by atoms with Gasteiger partial charge in [-0.15, -0.1) is 11.3 Å². The second kappa shape index (κ2) is 10.5. The van der Waals surface area contributed by atoms with E-state index in [0.29, 0.717) is 0 Å². The average Bonchev–Trinajstić information content (AvgIpc) is 3.68. The number of nitrogens with zero attached hydrogens (tertiary/aromatic N) is 1. The minimum absolute atomic E-state index is 0.874. The molecule has 0 N–H and O–H groups in total. The van der Waals surface area contributed by atoms with Gasteiger partial charge in [0.05, 0.1) is 5.69 Å². The summed E-state index contributed by atoms with van der Waals surface area (Å²) in [5.74, 6) is 0. The largest absolute Gasteiger partial charge is 0.453 e. The Kier molecular flexibility index (Phi) is 6.03. The third-order valence-electron chi connectivity index (χ3n) is 8.68. The van der Waals surface area contributed by atoms with Crippen molar-refractivity contribution in [3.8, 4) is 22.3 Å². The van der Waals surface area contributed by atoms with Gasteiger partial charge >= 0.3 is 0 Å². The second-order valence-electron chi connectivity index (χ2n) is 11.3. The number of anilines is 3. The molecule has 0 spiro atoms. The summed E-state index contributed by atoms with van der Waals surface area (Å²) in [4.78, 5) is 2.34. The van der Waals surface area contributed by atoms with Gasteiger partial charge in [-0.05, 0) is 53.1 Å². The van der Waals surface area contributed by atoms with Crippen LogP contribution in [0.4, 0.5) is 17.1 Å². The molecule has 45 heavy (non-hydrogen) atoms. The van der Waals surface area contributed by atoms with Crippen LogP contribution in [0.2, 0.25) is 0 Å². The summed E-state index contributed by atoms with van der Waals surface area (Å²) in [5, 5.41) is 4.81. The number of para-hydroxylation sites is 2. The van der Waals surface area contributed by atoms with E-state index in [-0.39, 0.29) is 0 Å². The van der Waals surface area contributed by atoms with Gasteiger partial charge in [-0.1, -0.05) is 127 Å². The van der Waals surface area contributed by atoms with Gasteiger partial charge in [-0.2, -0.15) is 0 Å². The zero-order chi connectivity index (χ0) is 29.7. The predicted molar refractivity (Wildman–Crippen MR) is 192 cm³/mol. The first-order valence-corrected chi connectivity index (χ1v) is 16.0. The molecule has 0 saturated carbocycles. The van der Waals surface area contributed by atoms with Crippen molar-refractivity contribution >= 4 is 70.5 Å². The van der Waals surface area contributed by atoms with E-state index in [1.54, 1.807) is 0 Å². The summed E-state index contributed by atoms with van der Waals surface area (Å²) < 4.78 is 9.45. The van der Waals surface area contributed by atoms with E-state index in [2.05, 4.69) is 169 Å². The van der Waals surface area contributed by atoms with Crippen LogP contribution < -0.4 is 4.90 Å². The van der Waals surface area contributed by atoms with Crippen LogP contribution in [0, 0.1) is 0 Å². The molecule has 0 atom stereocenters. The summed E-state index contributed by atoms with van der Waals surface area (Å²) in [7, 11) is 0. The number of hydrogen-bond acceptors (Lipinski definition) is 3. The Morgan fingerprint density at radius 3 is 1.80 bits per heavy atom. The van der Waals surface area contributed by atoms with Crippen molar-refractivity contribution in [3.05, 3.63) is 164 Å². The highest BCUT2D eigenvalue weighted by Crippen LogP contribution is 2.45. The quantitative estimate of drug-likeness (QED) is 0.197. The van der Waals surface area contributed by atoms with Gasteiger partial charge in [-0.3, -0.25) is 0 Å². The fourth-order valence-corrected chi connectivity index (χ4v) is 7.68. The number of benzene rings is 7. The highest BCUT2D eigenvalue weighted by atomic mass is 32.1. The molecule has 2 aromatic heterocycles. The lowest BCUT2D eigenvalue weighted by atomic mass is 10.0. The molecule has 0 radical (unpaired) electrons. The highest BCUT2D eigenvalue weighted by molar-refractivity contribution is 7.25. The van der Waals surface area contributed by atoms with Crippen molar-refractivity contribution in [1.29, 1.82) is 0 Å². The second-order valence-corrected chi connectivity index (χ2v) is 12.4. The number of furan rings is 1. The van der Waals surface area contributed by atoms with Crippen molar-refractivity contribution < 1.29 is 4.42 Å². The Bertz CT molecular complexity index is 2470. The van der Waals surface area contributed by atoms with Gasteiger partial charge in [0.25, 0.3) is 0 Å². The zero-order valence-corrected chi connectivity index (χ0v) is 25.2. The third kappa shape index (κ3) is 4.32. The molecule has 3 heteroatoms. The van der Waals surface area contributed by atoms with Crippen LogP contribution in [0.25, 0.3) is 64.4 Å². The Hall–Kier alpha value is -5.64. The fourth-order valence-electron chi connectivity index (χ4n) is 6.54. The Morgan fingerprint density at radius 1 is 0.400 bits per heavy atom. The molecule has 0 amide bonds. The topological polar surface area (TPSA) is 16.4 Å². The molecule has 9 rings (SSSR count). The Labute approximate surface area is 265 Å². The lowest BCUT2D eigenvalue weighted by molar-refractivity contribution is 0.670. The molecular weight excluding hydrogens is 567 g/mol. The van der Waals surface area contributed by atoms with Crippen molar-refractivity contribution in [2.24, 2.45) is 0 Å². The molecule has 7 aromatic carbocycles. The SMILES string of the molecule is c1ccc(-c2ccc(N(c3ccc4c(c3)sc3ccccc34)c3cccc4c3oc3c(-c5ccccc5)cccc34)cc2)cc1. The number of thiophene rings is 1. The number of hydrogen-bond donors (Lipinski definition) is 0. The molecule has 0 fully saturated rings. The molecule has 0 aliphatic carbocycles. The average molecular weight is 594 g/mol.